The van der Waals surface area contributed by atoms with Gasteiger partial charge in [-0.3, -0.25) is 0 Å². The molecular weight excluding hydrogens is 432 g/mol. The van der Waals surface area contributed by atoms with E-state index in [0.29, 0.717) is 32.8 Å². The molecule has 0 N–H and O–H groups in total. The van der Waals surface area contributed by atoms with Gasteiger partial charge in [-0.15, -0.1) is 6.42 Å². The van der Waals surface area contributed by atoms with Gasteiger partial charge in [-0.2, -0.15) is 0 Å². The smallest absolute Gasteiger partial charge is 0.331 e. The summed E-state index contributed by atoms with van der Waals surface area (Å²) in [4.78, 5) is 13.5. The monoisotopic (exact) mass is 448 g/mol. The highest BCUT2D eigenvalue weighted by Crippen LogP contribution is 2.53. The first-order valence-corrected chi connectivity index (χ1v) is 9.73. The van der Waals surface area contributed by atoms with Crippen LogP contribution < -0.4 is 14.2 Å². The minimum Gasteiger partial charge on any atom is -0.496 e. The fourth-order valence-electron chi connectivity index (χ4n) is 3.76. The van der Waals surface area contributed by atoms with E-state index in [9.17, 15) is 4.79 Å². The van der Waals surface area contributed by atoms with Gasteiger partial charge >= 0.3 is 5.97 Å². The van der Waals surface area contributed by atoms with E-state index < -0.39 is 11.4 Å². The molecule has 0 saturated carbocycles. The van der Waals surface area contributed by atoms with Crippen LogP contribution >= 0.6 is 15.9 Å². The molecule has 1 atom stereocenters. The van der Waals surface area contributed by atoms with Crippen molar-refractivity contribution in [3.63, 3.8) is 0 Å². The Morgan fingerprint density at radius 2 is 1.76 bits per heavy atom. The van der Waals surface area contributed by atoms with Crippen LogP contribution in [0.1, 0.15) is 16.7 Å². The number of carbonyl (C=O) groups excluding carboxylic acids is 1. The zero-order valence-corrected chi connectivity index (χ0v) is 17.2. The van der Waals surface area contributed by atoms with Gasteiger partial charge in [-0.05, 0) is 33.6 Å². The molecule has 1 aliphatic heterocycles. The maximum atomic E-state index is 13.5. The molecule has 3 aromatic rings. The summed E-state index contributed by atoms with van der Waals surface area (Å²) in [5.74, 6) is 3.58. The summed E-state index contributed by atoms with van der Waals surface area (Å²) in [6.07, 6.45) is 5.30. The van der Waals surface area contributed by atoms with E-state index in [0.717, 1.165) is 5.56 Å². The average Bonchev–Trinajstić information content (AvgIpc) is 3.04. The van der Waals surface area contributed by atoms with Gasteiger partial charge < -0.3 is 14.2 Å². The van der Waals surface area contributed by atoms with Crippen molar-refractivity contribution in [3.8, 4) is 29.6 Å². The van der Waals surface area contributed by atoms with Crippen LogP contribution in [0.15, 0.2) is 71.2 Å². The van der Waals surface area contributed by atoms with Gasteiger partial charge in [-0.1, -0.05) is 54.5 Å². The lowest BCUT2D eigenvalue weighted by molar-refractivity contribution is -0.135. The number of ether oxygens (including phenoxy) is 3. The Kier molecular flexibility index (Phi) is 5.04. The summed E-state index contributed by atoms with van der Waals surface area (Å²) in [6, 6.07) is 20.6. The van der Waals surface area contributed by atoms with Gasteiger partial charge in [0.25, 0.3) is 0 Å². The SMILES string of the molecule is C#CCOc1cc2c(cc1Br)C(c1ccccc1)(c1ccccc1OC)C(=O)O2. The average molecular weight is 449 g/mol. The second kappa shape index (κ2) is 7.65. The minimum absolute atomic E-state index is 0.113. The predicted octanol–water partition coefficient (Wildman–Crippen LogP) is 4.72. The Hall–Kier alpha value is -3.23. The Labute approximate surface area is 177 Å². The van der Waals surface area contributed by atoms with E-state index in [1.165, 1.54) is 0 Å². The molecule has 1 unspecified atom stereocenters. The lowest BCUT2D eigenvalue weighted by Crippen LogP contribution is -2.36. The zero-order valence-electron chi connectivity index (χ0n) is 15.6. The third-order valence-electron chi connectivity index (χ3n) is 4.98. The van der Waals surface area contributed by atoms with Crippen molar-refractivity contribution >= 4 is 21.9 Å². The van der Waals surface area contributed by atoms with Crippen LogP contribution in [0.3, 0.4) is 0 Å². The molecule has 0 amide bonds. The molecule has 4 nitrogen and oxygen atoms in total. The Bertz CT molecular complexity index is 1120. The molecule has 0 saturated heterocycles. The molecule has 0 bridgehead atoms. The number of carbonyl (C=O) groups is 1. The first-order valence-electron chi connectivity index (χ1n) is 8.94. The van der Waals surface area contributed by atoms with Crippen molar-refractivity contribution in [1.82, 2.24) is 0 Å². The van der Waals surface area contributed by atoms with Crippen molar-refractivity contribution in [2.45, 2.75) is 5.41 Å². The van der Waals surface area contributed by atoms with Gasteiger partial charge in [0.2, 0.25) is 0 Å². The summed E-state index contributed by atoms with van der Waals surface area (Å²) < 4.78 is 17.6. The third-order valence-corrected chi connectivity index (χ3v) is 5.60. The van der Waals surface area contributed by atoms with Crippen LogP contribution in [0.4, 0.5) is 0 Å². The molecule has 3 aromatic carbocycles. The molecule has 1 aliphatic rings. The number of rotatable bonds is 5. The van der Waals surface area contributed by atoms with Crippen LogP contribution in [-0.4, -0.2) is 19.7 Å². The van der Waals surface area contributed by atoms with Crippen molar-refractivity contribution in [2.75, 3.05) is 13.7 Å². The van der Waals surface area contributed by atoms with Crippen LogP contribution in [0.2, 0.25) is 0 Å². The highest BCUT2D eigenvalue weighted by atomic mass is 79.9. The Balaban J connectivity index is 2.03. The largest absolute Gasteiger partial charge is 0.496 e. The minimum atomic E-state index is -1.17. The van der Waals surface area contributed by atoms with Crippen molar-refractivity contribution in [3.05, 3.63) is 87.9 Å². The Morgan fingerprint density at radius 3 is 2.48 bits per heavy atom. The van der Waals surface area contributed by atoms with Crippen LogP contribution in [0, 0.1) is 12.3 Å². The quantitative estimate of drug-likeness (QED) is 0.321. The number of terminal acetylenes is 1. The van der Waals surface area contributed by atoms with Gasteiger partial charge in [0.15, 0.2) is 5.41 Å². The van der Waals surface area contributed by atoms with Crippen molar-refractivity contribution in [1.29, 1.82) is 0 Å². The summed E-state index contributed by atoms with van der Waals surface area (Å²) in [6.45, 7) is 0.113. The number of methoxy groups -OCH3 is 1. The maximum Gasteiger partial charge on any atom is 0.331 e. The van der Waals surface area contributed by atoms with Crippen LogP contribution in [0.5, 0.6) is 17.2 Å². The summed E-state index contributed by atoms with van der Waals surface area (Å²) in [5, 5.41) is 0. The lowest BCUT2D eigenvalue weighted by atomic mass is 9.70. The number of fused-ring (bicyclic) bond motifs is 1. The fourth-order valence-corrected chi connectivity index (χ4v) is 4.21. The molecular formula is C24H17BrO4. The normalized spacial score (nSPS) is 17.2. The van der Waals surface area contributed by atoms with Crippen molar-refractivity contribution in [2.24, 2.45) is 0 Å². The molecule has 144 valence electrons. The van der Waals surface area contributed by atoms with E-state index in [-0.39, 0.29) is 6.61 Å². The van der Waals surface area contributed by atoms with Gasteiger partial charge in [0.1, 0.15) is 23.9 Å². The lowest BCUT2D eigenvalue weighted by Gasteiger charge is -2.29. The third kappa shape index (κ3) is 2.97. The highest BCUT2D eigenvalue weighted by Gasteiger charge is 2.53. The van der Waals surface area contributed by atoms with E-state index in [1.807, 2.05) is 60.7 Å². The topological polar surface area (TPSA) is 44.8 Å². The van der Waals surface area contributed by atoms with Crippen LogP contribution in [-0.2, 0) is 10.2 Å². The summed E-state index contributed by atoms with van der Waals surface area (Å²) in [5.41, 5.74) is 1.04. The molecule has 0 radical (unpaired) electrons. The molecule has 4 rings (SSSR count). The second-order valence-electron chi connectivity index (χ2n) is 6.48. The van der Waals surface area contributed by atoms with E-state index in [1.54, 1.807) is 13.2 Å². The van der Waals surface area contributed by atoms with E-state index >= 15 is 0 Å². The predicted molar refractivity (Wildman–Crippen MR) is 113 cm³/mol. The van der Waals surface area contributed by atoms with E-state index in [4.69, 9.17) is 20.6 Å². The van der Waals surface area contributed by atoms with Gasteiger partial charge in [-0.25, -0.2) is 4.79 Å². The molecule has 0 aromatic heterocycles. The molecule has 29 heavy (non-hydrogen) atoms. The van der Waals surface area contributed by atoms with Crippen LogP contribution in [0.25, 0.3) is 0 Å². The molecule has 0 fully saturated rings. The summed E-state index contributed by atoms with van der Waals surface area (Å²) in [7, 11) is 1.59. The maximum absolute atomic E-state index is 13.5. The number of esters is 1. The number of benzene rings is 3. The second-order valence-corrected chi connectivity index (χ2v) is 7.33. The standard InChI is InChI=1S/C24H17BrO4/c1-3-13-28-22-15-21-18(14-19(22)25)24(23(26)29-21,16-9-5-4-6-10-16)17-11-7-8-12-20(17)27-2/h1,4-12,14-15H,13H2,2H3. The number of halogens is 1. The van der Waals surface area contributed by atoms with Gasteiger partial charge in [0.05, 0.1) is 11.6 Å². The Morgan fingerprint density at radius 1 is 1.03 bits per heavy atom. The number of hydrogen-bond donors (Lipinski definition) is 0. The van der Waals surface area contributed by atoms with Gasteiger partial charge in [0, 0.05) is 17.2 Å². The molecule has 0 spiro atoms. The number of para-hydroxylation sites is 1. The fraction of sp³-hybridized carbons (Fsp3) is 0.125. The number of hydrogen-bond acceptors (Lipinski definition) is 4. The summed E-state index contributed by atoms with van der Waals surface area (Å²) >= 11 is 3.54. The zero-order chi connectivity index (χ0) is 20.4. The molecule has 1 heterocycles. The molecule has 5 heteroatoms. The van der Waals surface area contributed by atoms with Crippen molar-refractivity contribution < 1.29 is 19.0 Å². The molecule has 0 aliphatic carbocycles. The van der Waals surface area contributed by atoms with E-state index in [2.05, 4.69) is 21.9 Å². The highest BCUT2D eigenvalue weighted by molar-refractivity contribution is 9.10. The first-order chi connectivity index (χ1) is 14.1. The first kappa shape index (κ1) is 19.1.